The number of nitro groups is 1. The first-order valence-corrected chi connectivity index (χ1v) is 6.88. The molecule has 0 aromatic heterocycles. The van der Waals surface area contributed by atoms with Gasteiger partial charge in [-0.1, -0.05) is 0 Å². The molecule has 0 saturated heterocycles. The minimum absolute atomic E-state index is 0.00662. The van der Waals surface area contributed by atoms with E-state index in [1.807, 2.05) is 0 Å². The van der Waals surface area contributed by atoms with E-state index < -0.39 is 48.0 Å². The fraction of sp³-hybridized carbons (Fsp3) is 0.250. The third-order valence-electron chi connectivity index (χ3n) is 2.17. The number of nitrogens with zero attached hydrogens (tertiary/aromatic N) is 1. The van der Waals surface area contributed by atoms with Crippen molar-refractivity contribution >= 4 is 25.4 Å². The minimum atomic E-state index is -5.83. The van der Waals surface area contributed by atoms with Crippen molar-refractivity contribution in [3.8, 4) is 0 Å². The second kappa shape index (κ2) is 5.02. The molecule has 0 aliphatic heterocycles. The Morgan fingerprint density at radius 1 is 1.05 bits per heavy atom. The van der Waals surface area contributed by atoms with Gasteiger partial charge in [-0.15, -0.1) is 0 Å². The number of hydrogen-bond donors (Lipinski definition) is 0. The van der Waals surface area contributed by atoms with Crippen LogP contribution in [-0.4, -0.2) is 13.3 Å². The second-order valence-electron chi connectivity index (χ2n) is 3.53. The predicted octanol–water partition coefficient (Wildman–Crippen LogP) is 3.56. The Bertz CT molecular complexity index is 696. The van der Waals surface area contributed by atoms with Gasteiger partial charge in [0.25, 0.3) is 14.7 Å². The molecule has 0 radical (unpaired) electrons. The summed E-state index contributed by atoms with van der Waals surface area (Å²) >= 11 is 0. The molecule has 21 heavy (non-hydrogen) atoms. The van der Waals surface area contributed by atoms with Gasteiger partial charge in [0, 0.05) is 16.7 Å². The van der Waals surface area contributed by atoms with E-state index in [4.69, 9.17) is 0 Å². The van der Waals surface area contributed by atoms with E-state index in [1.165, 1.54) is 0 Å². The maximum Gasteiger partial charge on any atom is 0.418 e. The molecule has 0 N–H and O–H groups in total. The maximum atomic E-state index is 12.8. The zero-order chi connectivity index (χ0) is 16.8. The summed E-state index contributed by atoms with van der Waals surface area (Å²) < 4.78 is 98.2. The SMILES string of the molecule is O=[N+]([O-])c1ccc(C(F)(F)F)c(C(F)(F)F)c1S(=O)(=O)Cl. The Kier molecular flexibility index (Phi) is 4.18. The molecule has 0 spiro atoms. The van der Waals surface area contributed by atoms with Crippen LogP contribution in [0, 0.1) is 10.1 Å². The normalized spacial score (nSPS) is 13.3. The van der Waals surface area contributed by atoms with Crippen LogP contribution < -0.4 is 0 Å². The molecule has 118 valence electrons. The number of nitro benzene ring substituents is 1. The first kappa shape index (κ1) is 17.5. The van der Waals surface area contributed by atoms with E-state index in [9.17, 15) is 44.9 Å². The number of hydrogen-bond acceptors (Lipinski definition) is 4. The van der Waals surface area contributed by atoms with Crippen LogP contribution >= 0.6 is 10.7 Å². The van der Waals surface area contributed by atoms with Crippen LogP contribution in [0.25, 0.3) is 0 Å². The molecule has 0 bridgehead atoms. The van der Waals surface area contributed by atoms with Crippen molar-refractivity contribution in [2.75, 3.05) is 0 Å². The summed E-state index contributed by atoms with van der Waals surface area (Å²) in [4.78, 5) is 6.72. The van der Waals surface area contributed by atoms with E-state index in [0.29, 0.717) is 0 Å². The van der Waals surface area contributed by atoms with Crippen LogP contribution in [0.3, 0.4) is 0 Å². The van der Waals surface area contributed by atoms with Crippen molar-refractivity contribution in [3.63, 3.8) is 0 Å². The van der Waals surface area contributed by atoms with Crippen LogP contribution in [0.15, 0.2) is 17.0 Å². The highest BCUT2D eigenvalue weighted by molar-refractivity contribution is 8.13. The lowest BCUT2D eigenvalue weighted by Gasteiger charge is -2.17. The Morgan fingerprint density at radius 3 is 1.81 bits per heavy atom. The summed E-state index contributed by atoms with van der Waals surface area (Å²) in [6, 6.07) is -0.236. The van der Waals surface area contributed by atoms with Gasteiger partial charge in [-0.05, 0) is 6.07 Å². The molecule has 1 aromatic carbocycles. The van der Waals surface area contributed by atoms with Gasteiger partial charge < -0.3 is 0 Å². The van der Waals surface area contributed by atoms with Crippen LogP contribution in [0.5, 0.6) is 0 Å². The molecule has 0 saturated carbocycles. The third-order valence-corrected chi connectivity index (χ3v) is 3.53. The average molecular weight is 358 g/mol. The van der Waals surface area contributed by atoms with E-state index in [1.54, 1.807) is 0 Å². The van der Waals surface area contributed by atoms with Crippen LogP contribution in [0.1, 0.15) is 11.1 Å². The van der Waals surface area contributed by atoms with Gasteiger partial charge in [0.05, 0.1) is 16.1 Å². The Balaban J connectivity index is 4.08. The first-order chi connectivity index (χ1) is 9.17. The van der Waals surface area contributed by atoms with Gasteiger partial charge in [0.2, 0.25) is 0 Å². The highest BCUT2D eigenvalue weighted by Gasteiger charge is 2.49. The van der Waals surface area contributed by atoms with Crippen molar-refractivity contribution in [2.24, 2.45) is 0 Å². The number of benzene rings is 1. The van der Waals surface area contributed by atoms with Crippen molar-refractivity contribution in [2.45, 2.75) is 17.2 Å². The van der Waals surface area contributed by atoms with Crippen molar-refractivity contribution in [3.05, 3.63) is 33.4 Å². The number of halogens is 7. The zero-order valence-electron chi connectivity index (χ0n) is 9.29. The Morgan fingerprint density at radius 2 is 1.52 bits per heavy atom. The lowest BCUT2D eigenvalue weighted by Crippen LogP contribution is -2.20. The lowest BCUT2D eigenvalue weighted by atomic mass is 10.1. The Labute approximate surface area is 116 Å². The smallest absolute Gasteiger partial charge is 0.258 e. The van der Waals surface area contributed by atoms with Crippen LogP contribution in [0.4, 0.5) is 32.0 Å². The number of rotatable bonds is 2. The predicted molar refractivity (Wildman–Crippen MR) is 56.1 cm³/mol. The summed E-state index contributed by atoms with van der Waals surface area (Å²) in [5.74, 6) is 0. The highest BCUT2D eigenvalue weighted by Crippen LogP contribution is 2.46. The van der Waals surface area contributed by atoms with Crippen molar-refractivity contribution in [1.82, 2.24) is 0 Å². The summed E-state index contributed by atoms with van der Waals surface area (Å²) in [6.07, 6.45) is -11.4. The monoisotopic (exact) mass is 357 g/mol. The van der Waals surface area contributed by atoms with E-state index in [0.717, 1.165) is 0 Å². The van der Waals surface area contributed by atoms with Crippen molar-refractivity contribution < 1.29 is 39.7 Å². The quantitative estimate of drug-likeness (QED) is 0.351. The molecule has 0 heterocycles. The minimum Gasteiger partial charge on any atom is -0.258 e. The van der Waals surface area contributed by atoms with Gasteiger partial charge in [-0.2, -0.15) is 26.3 Å². The summed E-state index contributed by atoms with van der Waals surface area (Å²) in [5.41, 5.74) is -6.82. The molecule has 0 unspecified atom stereocenters. The number of alkyl halides is 6. The maximum absolute atomic E-state index is 12.8. The van der Waals surface area contributed by atoms with Crippen LogP contribution in [-0.2, 0) is 21.4 Å². The van der Waals surface area contributed by atoms with E-state index >= 15 is 0 Å². The highest BCUT2D eigenvalue weighted by atomic mass is 35.7. The standard InChI is InChI=1S/C8H2ClF6NO4S/c9-21(19,20)6-4(16(17)18)2-1-3(7(10,11)12)5(6)8(13,14)15/h1-2H. The Hall–Kier alpha value is -1.56. The largest absolute Gasteiger partial charge is 0.418 e. The van der Waals surface area contributed by atoms with Gasteiger partial charge in [0.15, 0.2) is 4.90 Å². The fourth-order valence-corrected chi connectivity index (χ4v) is 2.81. The zero-order valence-corrected chi connectivity index (χ0v) is 10.9. The topological polar surface area (TPSA) is 77.3 Å². The molecular weight excluding hydrogens is 356 g/mol. The first-order valence-electron chi connectivity index (χ1n) is 4.58. The van der Waals surface area contributed by atoms with Gasteiger partial charge in [-0.25, -0.2) is 8.42 Å². The summed E-state index contributed by atoms with van der Waals surface area (Å²) in [6.45, 7) is 0. The average Bonchev–Trinajstić information content (AvgIpc) is 2.23. The molecule has 0 aliphatic rings. The van der Waals surface area contributed by atoms with Gasteiger partial charge in [-0.3, -0.25) is 10.1 Å². The molecule has 13 heteroatoms. The molecule has 1 aromatic rings. The summed E-state index contributed by atoms with van der Waals surface area (Å²) in [7, 11) is -0.823. The van der Waals surface area contributed by atoms with Crippen LogP contribution in [0.2, 0.25) is 0 Å². The molecule has 0 amide bonds. The summed E-state index contributed by atoms with van der Waals surface area (Å²) in [5, 5.41) is 10.5. The molecule has 0 fully saturated rings. The second-order valence-corrected chi connectivity index (χ2v) is 6.03. The van der Waals surface area contributed by atoms with Gasteiger partial charge >= 0.3 is 12.4 Å². The molecule has 0 atom stereocenters. The van der Waals surface area contributed by atoms with Crippen molar-refractivity contribution in [1.29, 1.82) is 0 Å². The molecular formula is C8H2ClF6NO4S. The molecule has 1 rings (SSSR count). The molecule has 5 nitrogen and oxygen atoms in total. The van der Waals surface area contributed by atoms with E-state index in [-0.39, 0.29) is 12.1 Å². The fourth-order valence-electron chi connectivity index (χ4n) is 1.48. The van der Waals surface area contributed by atoms with Gasteiger partial charge in [0.1, 0.15) is 0 Å². The lowest BCUT2D eigenvalue weighted by molar-refractivity contribution is -0.388. The van der Waals surface area contributed by atoms with E-state index in [2.05, 4.69) is 10.7 Å². The third kappa shape index (κ3) is 3.56. The molecule has 0 aliphatic carbocycles.